The normalized spacial score (nSPS) is 17.0. The number of alkyl halides is 4. The molecule has 0 amide bonds. The molecule has 1 rings (SSSR count). The van der Waals surface area contributed by atoms with Crippen LogP contribution in [0.3, 0.4) is 0 Å². The van der Waals surface area contributed by atoms with Crippen LogP contribution in [0.2, 0.25) is 0 Å². The second kappa shape index (κ2) is 9.73. The Kier molecular flexibility index (Phi) is 8.32. The number of rotatable bonds is 10. The molecule has 0 aromatic carbocycles. The highest BCUT2D eigenvalue weighted by Crippen LogP contribution is 2.35. The van der Waals surface area contributed by atoms with E-state index in [1.165, 1.54) is 6.92 Å². The van der Waals surface area contributed by atoms with Crippen LogP contribution in [0.4, 0.5) is 17.6 Å². The van der Waals surface area contributed by atoms with Crippen molar-refractivity contribution in [1.29, 1.82) is 0 Å². The second-order valence-corrected chi connectivity index (χ2v) is 6.20. The molecular formula is C18H24F4O3. The van der Waals surface area contributed by atoms with Crippen LogP contribution in [0, 0.1) is 0 Å². The van der Waals surface area contributed by atoms with Gasteiger partial charge in [0.05, 0.1) is 13.3 Å². The van der Waals surface area contributed by atoms with Crippen molar-refractivity contribution < 1.29 is 31.9 Å². The molecule has 1 atom stereocenters. The number of unbranched alkanes of at least 4 members (excludes halogenated alkanes) is 5. The van der Waals surface area contributed by atoms with Crippen LogP contribution in [0.5, 0.6) is 0 Å². The van der Waals surface area contributed by atoms with Crippen molar-refractivity contribution >= 4 is 11.6 Å². The first kappa shape index (κ1) is 21.4. The van der Waals surface area contributed by atoms with Crippen molar-refractivity contribution in [2.45, 2.75) is 70.6 Å². The van der Waals surface area contributed by atoms with Crippen molar-refractivity contribution in [1.82, 2.24) is 0 Å². The van der Waals surface area contributed by atoms with Crippen LogP contribution in [-0.4, -0.2) is 31.0 Å². The number of hydrogen-bond donors (Lipinski definition) is 0. The fourth-order valence-corrected chi connectivity index (χ4v) is 2.80. The molecule has 0 saturated heterocycles. The minimum absolute atomic E-state index is 0.109. The number of Topliss-reactive ketones (excluding diaryl/α,β-unsaturated/α-hetero) is 1. The first-order valence-corrected chi connectivity index (χ1v) is 8.47. The number of ether oxygens (including phenoxy) is 1. The van der Waals surface area contributed by atoms with Crippen molar-refractivity contribution in [3.05, 3.63) is 23.0 Å². The Morgan fingerprint density at radius 3 is 2.12 bits per heavy atom. The van der Waals surface area contributed by atoms with Crippen molar-refractivity contribution in [2.75, 3.05) is 7.11 Å². The number of halogens is 4. The number of allylic oxidation sites excluding steroid dienone is 3. The Morgan fingerprint density at radius 2 is 1.60 bits per heavy atom. The molecule has 0 aliphatic heterocycles. The van der Waals surface area contributed by atoms with Crippen molar-refractivity contribution in [3.63, 3.8) is 0 Å². The Balaban J connectivity index is 2.57. The predicted octanol–water partition coefficient (Wildman–Crippen LogP) is 5.01. The third-order valence-electron chi connectivity index (χ3n) is 4.09. The Morgan fingerprint density at radius 1 is 1.04 bits per heavy atom. The first-order valence-electron chi connectivity index (χ1n) is 8.47. The zero-order valence-electron chi connectivity index (χ0n) is 14.5. The van der Waals surface area contributed by atoms with E-state index in [-0.39, 0.29) is 12.2 Å². The molecule has 1 unspecified atom stereocenters. The fraction of sp³-hybridized carbons (Fsp3) is 0.667. The van der Waals surface area contributed by atoms with Gasteiger partial charge in [0.25, 0.3) is 0 Å². The minimum Gasteiger partial charge on any atom is -0.493 e. The summed E-state index contributed by atoms with van der Waals surface area (Å²) in [5.41, 5.74) is -1.89. The Bertz CT molecular complexity index is 545. The maximum atomic E-state index is 13.1. The SMILES string of the molecule is COC1=CC(=O)C(C(F)(F)F)=C(CCCCCCCCC(C)F)C1=O. The predicted molar refractivity (Wildman–Crippen MR) is 85.7 cm³/mol. The summed E-state index contributed by atoms with van der Waals surface area (Å²) in [5.74, 6) is -2.46. The molecule has 0 radical (unpaired) electrons. The number of methoxy groups -OCH3 is 1. The molecular weight excluding hydrogens is 340 g/mol. The van der Waals surface area contributed by atoms with E-state index in [0.717, 1.165) is 32.8 Å². The summed E-state index contributed by atoms with van der Waals surface area (Å²) in [6.45, 7) is 1.51. The van der Waals surface area contributed by atoms with E-state index in [2.05, 4.69) is 0 Å². The summed E-state index contributed by atoms with van der Waals surface area (Å²) in [6.07, 6.45) is -0.316. The quantitative estimate of drug-likeness (QED) is 0.311. The van der Waals surface area contributed by atoms with E-state index in [4.69, 9.17) is 4.74 Å². The lowest BCUT2D eigenvalue weighted by Crippen LogP contribution is -2.29. The summed E-state index contributed by atoms with van der Waals surface area (Å²) in [5, 5.41) is 0. The summed E-state index contributed by atoms with van der Waals surface area (Å²) in [4.78, 5) is 23.8. The molecule has 0 saturated carbocycles. The first-order chi connectivity index (χ1) is 11.7. The summed E-state index contributed by atoms with van der Waals surface area (Å²) in [7, 11) is 1.14. The van der Waals surface area contributed by atoms with Gasteiger partial charge in [0.1, 0.15) is 5.57 Å². The summed E-state index contributed by atoms with van der Waals surface area (Å²) >= 11 is 0. The van der Waals surface area contributed by atoms with E-state index in [1.54, 1.807) is 0 Å². The lowest BCUT2D eigenvalue weighted by molar-refractivity contribution is -0.129. The highest BCUT2D eigenvalue weighted by Gasteiger charge is 2.44. The van der Waals surface area contributed by atoms with Crippen molar-refractivity contribution in [3.8, 4) is 0 Å². The molecule has 7 heteroatoms. The molecule has 0 aromatic heterocycles. The van der Waals surface area contributed by atoms with Gasteiger partial charge in [-0.1, -0.05) is 32.1 Å². The maximum absolute atomic E-state index is 13.1. The summed E-state index contributed by atoms with van der Waals surface area (Å²) in [6, 6.07) is 0. The molecule has 0 spiro atoms. The van der Waals surface area contributed by atoms with Crippen LogP contribution >= 0.6 is 0 Å². The van der Waals surface area contributed by atoms with Gasteiger partial charge in [-0.3, -0.25) is 9.59 Å². The van der Waals surface area contributed by atoms with Crippen LogP contribution in [0.15, 0.2) is 23.0 Å². The lowest BCUT2D eigenvalue weighted by atomic mass is 9.89. The molecule has 3 nitrogen and oxygen atoms in total. The highest BCUT2D eigenvalue weighted by molar-refractivity contribution is 6.22. The zero-order valence-corrected chi connectivity index (χ0v) is 14.5. The van der Waals surface area contributed by atoms with E-state index >= 15 is 0 Å². The van der Waals surface area contributed by atoms with E-state index in [0.29, 0.717) is 25.3 Å². The van der Waals surface area contributed by atoms with Gasteiger partial charge in [0, 0.05) is 11.6 Å². The lowest BCUT2D eigenvalue weighted by Gasteiger charge is -2.20. The number of carbonyl (C=O) groups is 2. The van der Waals surface area contributed by atoms with Crippen LogP contribution in [0.25, 0.3) is 0 Å². The smallest absolute Gasteiger partial charge is 0.420 e. The topological polar surface area (TPSA) is 43.4 Å². The molecule has 0 heterocycles. The Labute approximate surface area is 145 Å². The van der Waals surface area contributed by atoms with Gasteiger partial charge in [-0.2, -0.15) is 13.2 Å². The largest absolute Gasteiger partial charge is 0.493 e. The molecule has 1 aliphatic rings. The van der Waals surface area contributed by atoms with Gasteiger partial charge in [-0.25, -0.2) is 4.39 Å². The summed E-state index contributed by atoms with van der Waals surface area (Å²) < 4.78 is 56.6. The van der Waals surface area contributed by atoms with Gasteiger partial charge in [0.15, 0.2) is 11.5 Å². The van der Waals surface area contributed by atoms with Gasteiger partial charge in [-0.15, -0.1) is 0 Å². The average molecular weight is 364 g/mol. The van der Waals surface area contributed by atoms with Crippen LogP contribution in [0.1, 0.15) is 58.3 Å². The van der Waals surface area contributed by atoms with Crippen LogP contribution < -0.4 is 0 Å². The fourth-order valence-electron chi connectivity index (χ4n) is 2.80. The molecule has 0 fully saturated rings. The maximum Gasteiger partial charge on any atom is 0.420 e. The molecule has 142 valence electrons. The van der Waals surface area contributed by atoms with E-state index in [9.17, 15) is 27.2 Å². The van der Waals surface area contributed by atoms with Gasteiger partial charge in [-0.05, 0) is 26.2 Å². The number of carbonyl (C=O) groups excluding carboxylic acids is 2. The van der Waals surface area contributed by atoms with Gasteiger partial charge in [0.2, 0.25) is 5.78 Å². The van der Waals surface area contributed by atoms with Gasteiger partial charge >= 0.3 is 6.18 Å². The molecule has 0 N–H and O–H groups in total. The third-order valence-corrected chi connectivity index (χ3v) is 4.09. The molecule has 1 aliphatic carbocycles. The second-order valence-electron chi connectivity index (χ2n) is 6.20. The third kappa shape index (κ3) is 6.63. The molecule has 25 heavy (non-hydrogen) atoms. The van der Waals surface area contributed by atoms with E-state index < -0.39 is 35.1 Å². The molecule has 0 aromatic rings. The van der Waals surface area contributed by atoms with Crippen LogP contribution in [-0.2, 0) is 14.3 Å². The monoisotopic (exact) mass is 364 g/mol. The standard InChI is InChI=1S/C18H24F4O3/c1-12(19)9-7-5-3-4-6-8-10-13-16(18(20,21)22)14(23)11-15(25-2)17(13)24/h11-12H,3-10H2,1-2H3. The average Bonchev–Trinajstić information content (AvgIpc) is 2.50. The molecule has 0 bridgehead atoms. The zero-order chi connectivity index (χ0) is 19.0. The number of ketones is 2. The number of hydrogen-bond acceptors (Lipinski definition) is 3. The highest BCUT2D eigenvalue weighted by atomic mass is 19.4. The van der Waals surface area contributed by atoms with E-state index in [1.807, 2.05) is 0 Å². The van der Waals surface area contributed by atoms with Gasteiger partial charge < -0.3 is 4.74 Å². The minimum atomic E-state index is -4.86. The van der Waals surface area contributed by atoms with Crippen molar-refractivity contribution in [2.24, 2.45) is 0 Å². The Hall–Kier alpha value is -1.66.